The van der Waals surface area contributed by atoms with Crippen LogP contribution in [0.3, 0.4) is 0 Å². The van der Waals surface area contributed by atoms with Crippen LogP contribution in [0.25, 0.3) is 11.1 Å². The van der Waals surface area contributed by atoms with Gasteiger partial charge in [-0.25, -0.2) is 0 Å². The molecule has 44 heavy (non-hydrogen) atoms. The van der Waals surface area contributed by atoms with Crippen LogP contribution in [0.1, 0.15) is 140 Å². The minimum atomic E-state index is 0.923. The first-order chi connectivity index (χ1) is 21.8. The molecule has 2 aromatic carbocycles. The van der Waals surface area contributed by atoms with E-state index in [0.29, 0.717) is 0 Å². The van der Waals surface area contributed by atoms with Crippen LogP contribution in [-0.4, -0.2) is 36.0 Å². The highest BCUT2D eigenvalue weighted by atomic mass is 15.1. The topological polar surface area (TPSA) is 6.48 Å². The van der Waals surface area contributed by atoms with Crippen molar-refractivity contribution < 1.29 is 0 Å². The summed E-state index contributed by atoms with van der Waals surface area (Å²) in [5.41, 5.74) is 5.73. The van der Waals surface area contributed by atoms with E-state index in [1.165, 1.54) is 177 Å². The Morgan fingerprint density at radius 1 is 0.341 bits per heavy atom. The monoisotopic (exact) mass is 597 g/mol. The van der Waals surface area contributed by atoms with Crippen LogP contribution in [0, 0.1) is 23.7 Å². The number of rotatable bonds is 13. The summed E-state index contributed by atoms with van der Waals surface area (Å²) >= 11 is 0. The molecule has 0 bridgehead atoms. The minimum absolute atomic E-state index is 0.923. The molecule has 2 aromatic rings. The lowest BCUT2D eigenvalue weighted by molar-refractivity contribution is 0.153. The first-order valence-electron chi connectivity index (χ1n) is 19.4. The molecule has 0 amide bonds. The zero-order valence-electron chi connectivity index (χ0n) is 28.2. The van der Waals surface area contributed by atoms with Crippen molar-refractivity contribution in [1.82, 2.24) is 9.80 Å². The molecule has 0 saturated heterocycles. The molecule has 4 aliphatic rings. The molecule has 4 saturated carbocycles. The Morgan fingerprint density at radius 3 is 0.841 bits per heavy atom. The second-order valence-corrected chi connectivity index (χ2v) is 15.8. The van der Waals surface area contributed by atoms with E-state index in [1.54, 1.807) is 0 Å². The summed E-state index contributed by atoms with van der Waals surface area (Å²) in [5, 5.41) is 0. The van der Waals surface area contributed by atoms with Crippen molar-refractivity contribution >= 4 is 0 Å². The highest BCUT2D eigenvalue weighted by molar-refractivity contribution is 5.64. The molecule has 0 radical (unpaired) electrons. The minimum Gasteiger partial charge on any atom is -0.299 e. The second-order valence-electron chi connectivity index (χ2n) is 15.8. The van der Waals surface area contributed by atoms with Crippen LogP contribution in [0.5, 0.6) is 0 Å². The van der Waals surface area contributed by atoms with Crippen LogP contribution in [0.2, 0.25) is 0 Å². The highest BCUT2D eigenvalue weighted by Gasteiger charge is 2.23. The van der Waals surface area contributed by atoms with E-state index in [-0.39, 0.29) is 0 Å². The summed E-state index contributed by atoms with van der Waals surface area (Å²) in [4.78, 5) is 5.70. The second kappa shape index (κ2) is 17.3. The van der Waals surface area contributed by atoms with Crippen molar-refractivity contribution in [2.24, 2.45) is 23.7 Å². The van der Waals surface area contributed by atoms with Crippen LogP contribution in [-0.2, 0) is 13.1 Å². The lowest BCUT2D eigenvalue weighted by Gasteiger charge is -2.34. The van der Waals surface area contributed by atoms with Gasteiger partial charge in [0.05, 0.1) is 0 Å². The first-order valence-corrected chi connectivity index (χ1v) is 19.4. The zero-order chi connectivity index (χ0) is 29.8. The quantitative estimate of drug-likeness (QED) is 0.227. The Kier molecular flexibility index (Phi) is 12.7. The molecule has 0 aliphatic heterocycles. The SMILES string of the molecule is c1cc(-c2ccc(CN(CC3CCCCC3)CC3CCCCC3)cc2)ccc1CN(CC1CCCCC1)CC1CCCCC1. The van der Waals surface area contributed by atoms with Crippen LogP contribution < -0.4 is 0 Å². The molecule has 2 nitrogen and oxygen atoms in total. The van der Waals surface area contributed by atoms with E-state index < -0.39 is 0 Å². The maximum atomic E-state index is 2.85. The van der Waals surface area contributed by atoms with Gasteiger partial charge in [-0.05, 0) is 97.3 Å². The molecular formula is C42H64N2. The fourth-order valence-corrected chi connectivity index (χ4v) is 9.47. The van der Waals surface area contributed by atoms with Gasteiger partial charge in [-0.2, -0.15) is 0 Å². The highest BCUT2D eigenvalue weighted by Crippen LogP contribution is 2.31. The number of hydrogen-bond donors (Lipinski definition) is 0. The summed E-state index contributed by atoms with van der Waals surface area (Å²) in [6, 6.07) is 19.3. The van der Waals surface area contributed by atoms with Crippen molar-refractivity contribution in [3.63, 3.8) is 0 Å². The average Bonchev–Trinajstić information content (AvgIpc) is 3.07. The third-order valence-electron chi connectivity index (χ3n) is 12.0. The molecular weight excluding hydrogens is 532 g/mol. The smallest absolute Gasteiger partial charge is 0.0233 e. The zero-order valence-corrected chi connectivity index (χ0v) is 28.2. The van der Waals surface area contributed by atoms with Gasteiger partial charge in [0.25, 0.3) is 0 Å². The Labute approximate surface area is 271 Å². The first kappa shape index (κ1) is 32.3. The standard InChI is InChI=1S/C42H64N2/c1-5-13-35(14-6-1)29-43(30-36-15-7-2-8-16-36)33-39-21-25-41(26-22-39)42-27-23-40(24-28-42)34-44(31-37-17-9-3-10-18-37)32-38-19-11-4-12-20-38/h21-28,35-38H,1-20,29-34H2. The summed E-state index contributed by atoms with van der Waals surface area (Å²) in [6.45, 7) is 7.53. The molecule has 0 atom stereocenters. The lowest BCUT2D eigenvalue weighted by atomic mass is 9.86. The molecule has 6 rings (SSSR count). The Hall–Kier alpha value is -1.64. The lowest BCUT2D eigenvalue weighted by Crippen LogP contribution is -2.35. The summed E-state index contributed by atoms with van der Waals surface area (Å²) in [7, 11) is 0. The van der Waals surface area contributed by atoms with Crippen molar-refractivity contribution in [1.29, 1.82) is 0 Å². The van der Waals surface area contributed by atoms with Crippen molar-refractivity contribution in [2.45, 2.75) is 142 Å². The Bertz CT molecular complexity index is 922. The van der Waals surface area contributed by atoms with E-state index in [1.807, 2.05) is 0 Å². The number of nitrogens with zero attached hydrogens (tertiary/aromatic N) is 2. The maximum absolute atomic E-state index is 2.85. The van der Waals surface area contributed by atoms with Gasteiger partial charge in [0.15, 0.2) is 0 Å². The Morgan fingerprint density at radius 2 is 0.591 bits per heavy atom. The molecule has 0 aromatic heterocycles. The Balaban J connectivity index is 1.06. The molecule has 0 unspecified atom stereocenters. The van der Waals surface area contributed by atoms with E-state index >= 15 is 0 Å². The van der Waals surface area contributed by atoms with Crippen molar-refractivity contribution in [2.75, 3.05) is 26.2 Å². The molecule has 0 spiro atoms. The van der Waals surface area contributed by atoms with E-state index in [9.17, 15) is 0 Å². The number of benzene rings is 2. The van der Waals surface area contributed by atoms with Gasteiger partial charge >= 0.3 is 0 Å². The molecule has 0 N–H and O–H groups in total. The molecule has 4 fully saturated rings. The van der Waals surface area contributed by atoms with Gasteiger partial charge in [-0.3, -0.25) is 9.80 Å². The third kappa shape index (κ3) is 10.2. The summed E-state index contributed by atoms with van der Waals surface area (Å²) in [6.07, 6.45) is 29.1. The third-order valence-corrected chi connectivity index (χ3v) is 12.0. The largest absolute Gasteiger partial charge is 0.299 e. The van der Waals surface area contributed by atoms with Gasteiger partial charge < -0.3 is 0 Å². The van der Waals surface area contributed by atoms with Crippen LogP contribution in [0.15, 0.2) is 48.5 Å². The predicted molar refractivity (Wildman–Crippen MR) is 189 cm³/mol. The van der Waals surface area contributed by atoms with E-state index in [4.69, 9.17) is 0 Å². The molecule has 0 heterocycles. The normalized spacial score (nSPS) is 21.8. The maximum Gasteiger partial charge on any atom is 0.0233 e. The fraction of sp³-hybridized carbons (Fsp3) is 0.714. The van der Waals surface area contributed by atoms with Crippen LogP contribution in [0.4, 0.5) is 0 Å². The predicted octanol–water partition coefficient (Wildman–Crippen LogP) is 11.3. The average molecular weight is 597 g/mol. The molecule has 2 heteroatoms. The fourth-order valence-electron chi connectivity index (χ4n) is 9.47. The van der Waals surface area contributed by atoms with Crippen molar-refractivity contribution in [3.8, 4) is 11.1 Å². The van der Waals surface area contributed by atoms with Gasteiger partial charge in [0.1, 0.15) is 0 Å². The summed E-state index contributed by atoms with van der Waals surface area (Å²) in [5.74, 6) is 3.69. The van der Waals surface area contributed by atoms with Crippen LogP contribution >= 0.6 is 0 Å². The van der Waals surface area contributed by atoms with Gasteiger partial charge in [0.2, 0.25) is 0 Å². The molecule has 4 aliphatic carbocycles. The van der Waals surface area contributed by atoms with Gasteiger partial charge in [-0.1, -0.05) is 126 Å². The van der Waals surface area contributed by atoms with Gasteiger partial charge in [-0.15, -0.1) is 0 Å². The van der Waals surface area contributed by atoms with E-state index in [2.05, 4.69) is 58.3 Å². The summed E-state index contributed by atoms with van der Waals surface area (Å²) < 4.78 is 0. The number of hydrogen-bond acceptors (Lipinski definition) is 2. The van der Waals surface area contributed by atoms with Gasteiger partial charge in [0, 0.05) is 39.3 Å². The molecule has 242 valence electrons. The van der Waals surface area contributed by atoms with E-state index in [0.717, 1.165) is 36.8 Å². The van der Waals surface area contributed by atoms with Crippen molar-refractivity contribution in [3.05, 3.63) is 59.7 Å².